The zero-order valence-electron chi connectivity index (χ0n) is 10.2. The van der Waals surface area contributed by atoms with E-state index in [0.717, 1.165) is 5.56 Å². The monoisotopic (exact) mass is 233 g/mol. The summed E-state index contributed by atoms with van der Waals surface area (Å²) >= 11 is 0. The lowest BCUT2D eigenvalue weighted by atomic mass is 9.77. The number of carbonyl (C=O) groups excluding carboxylic acids is 2. The standard InChI is InChI=1S/C13H15NO3/c1-13(2)7-11(15)14-10-6-8(12(16)17-3)4-5-9(10)13/h4-6H,7H2,1-3H3,(H,14,15). The largest absolute Gasteiger partial charge is 0.465 e. The number of amides is 1. The fourth-order valence-electron chi connectivity index (χ4n) is 2.17. The summed E-state index contributed by atoms with van der Waals surface area (Å²) in [5.41, 5.74) is 2.00. The average Bonchev–Trinajstić information content (AvgIpc) is 2.25. The van der Waals surface area contributed by atoms with Crippen LogP contribution in [0.2, 0.25) is 0 Å². The molecule has 0 radical (unpaired) electrons. The molecule has 0 spiro atoms. The van der Waals surface area contributed by atoms with Crippen LogP contribution < -0.4 is 5.32 Å². The summed E-state index contributed by atoms with van der Waals surface area (Å²) in [5.74, 6) is -0.421. The van der Waals surface area contributed by atoms with E-state index in [9.17, 15) is 9.59 Å². The number of rotatable bonds is 1. The van der Waals surface area contributed by atoms with Crippen LogP contribution >= 0.6 is 0 Å². The van der Waals surface area contributed by atoms with Gasteiger partial charge in [0, 0.05) is 17.5 Å². The van der Waals surface area contributed by atoms with Crippen molar-refractivity contribution in [1.29, 1.82) is 0 Å². The zero-order chi connectivity index (χ0) is 12.6. The highest BCUT2D eigenvalue weighted by Gasteiger charge is 2.32. The van der Waals surface area contributed by atoms with Gasteiger partial charge in [-0.05, 0) is 17.7 Å². The Balaban J connectivity index is 2.49. The lowest BCUT2D eigenvalue weighted by Gasteiger charge is -2.32. The Labute approximate surface area is 100.0 Å². The van der Waals surface area contributed by atoms with Crippen molar-refractivity contribution in [2.45, 2.75) is 25.7 Å². The number of hydrogen-bond donors (Lipinski definition) is 1. The Morgan fingerprint density at radius 2 is 2.12 bits per heavy atom. The number of ether oxygens (including phenoxy) is 1. The van der Waals surface area contributed by atoms with Gasteiger partial charge in [-0.1, -0.05) is 19.9 Å². The van der Waals surface area contributed by atoms with Crippen LogP contribution in [0.1, 0.15) is 36.2 Å². The predicted molar refractivity (Wildman–Crippen MR) is 64.1 cm³/mol. The molecule has 0 atom stereocenters. The van der Waals surface area contributed by atoms with E-state index >= 15 is 0 Å². The van der Waals surface area contributed by atoms with Crippen LogP contribution in [0.5, 0.6) is 0 Å². The van der Waals surface area contributed by atoms with Crippen molar-refractivity contribution in [3.63, 3.8) is 0 Å². The molecule has 0 unspecified atom stereocenters. The molecular formula is C13H15NO3. The molecule has 17 heavy (non-hydrogen) atoms. The van der Waals surface area contributed by atoms with Crippen molar-refractivity contribution in [3.8, 4) is 0 Å². The molecule has 1 aliphatic rings. The Bertz CT molecular complexity index is 491. The van der Waals surface area contributed by atoms with Crippen molar-refractivity contribution in [2.24, 2.45) is 0 Å². The molecule has 0 aromatic heterocycles. The fourth-order valence-corrected chi connectivity index (χ4v) is 2.17. The zero-order valence-corrected chi connectivity index (χ0v) is 10.2. The molecule has 90 valence electrons. The molecular weight excluding hydrogens is 218 g/mol. The Morgan fingerprint density at radius 1 is 1.41 bits per heavy atom. The van der Waals surface area contributed by atoms with Crippen molar-refractivity contribution in [1.82, 2.24) is 0 Å². The van der Waals surface area contributed by atoms with E-state index in [1.807, 2.05) is 19.9 Å². The first kappa shape index (κ1) is 11.6. The average molecular weight is 233 g/mol. The molecule has 0 saturated carbocycles. The van der Waals surface area contributed by atoms with Crippen LogP contribution in [0.25, 0.3) is 0 Å². The second-order valence-corrected chi connectivity index (χ2v) is 4.86. The second-order valence-electron chi connectivity index (χ2n) is 4.86. The SMILES string of the molecule is COC(=O)c1ccc2c(c1)NC(=O)CC2(C)C. The first-order valence-corrected chi connectivity index (χ1v) is 5.47. The van der Waals surface area contributed by atoms with Crippen LogP contribution in [-0.4, -0.2) is 19.0 Å². The normalized spacial score (nSPS) is 17.0. The predicted octanol–water partition coefficient (Wildman–Crippen LogP) is 2.09. The molecule has 4 heteroatoms. The second kappa shape index (κ2) is 3.87. The van der Waals surface area contributed by atoms with Gasteiger partial charge in [-0.25, -0.2) is 4.79 Å². The van der Waals surface area contributed by atoms with Gasteiger partial charge in [-0.2, -0.15) is 0 Å². The Kier molecular flexibility index (Phi) is 2.65. The molecule has 1 heterocycles. The molecule has 1 aromatic rings. The summed E-state index contributed by atoms with van der Waals surface area (Å²) in [7, 11) is 1.34. The number of anilines is 1. The minimum Gasteiger partial charge on any atom is -0.465 e. The third kappa shape index (κ3) is 2.02. The summed E-state index contributed by atoms with van der Waals surface area (Å²) in [6.45, 7) is 4.03. The van der Waals surface area contributed by atoms with Crippen LogP contribution in [0, 0.1) is 0 Å². The summed E-state index contributed by atoms with van der Waals surface area (Å²) in [4.78, 5) is 23.0. The molecule has 0 aliphatic carbocycles. The lowest BCUT2D eigenvalue weighted by molar-refractivity contribution is -0.117. The quantitative estimate of drug-likeness (QED) is 0.756. The Morgan fingerprint density at radius 3 is 2.76 bits per heavy atom. The van der Waals surface area contributed by atoms with Gasteiger partial charge in [0.25, 0.3) is 0 Å². The van der Waals surface area contributed by atoms with Gasteiger partial charge in [0.15, 0.2) is 0 Å². The minimum atomic E-state index is -0.398. The van der Waals surface area contributed by atoms with Gasteiger partial charge >= 0.3 is 5.97 Å². The van der Waals surface area contributed by atoms with Gasteiger partial charge in [-0.15, -0.1) is 0 Å². The maximum atomic E-state index is 11.6. The highest BCUT2D eigenvalue weighted by Crippen LogP contribution is 2.37. The number of hydrogen-bond acceptors (Lipinski definition) is 3. The highest BCUT2D eigenvalue weighted by atomic mass is 16.5. The first-order valence-electron chi connectivity index (χ1n) is 5.47. The molecule has 1 N–H and O–H groups in total. The van der Waals surface area contributed by atoms with Gasteiger partial charge < -0.3 is 10.1 Å². The van der Waals surface area contributed by atoms with Crippen LogP contribution in [0.3, 0.4) is 0 Å². The Hall–Kier alpha value is -1.84. The first-order chi connectivity index (χ1) is 7.94. The molecule has 1 aromatic carbocycles. The van der Waals surface area contributed by atoms with Crippen molar-refractivity contribution in [3.05, 3.63) is 29.3 Å². The molecule has 1 amide bonds. The van der Waals surface area contributed by atoms with E-state index < -0.39 is 5.97 Å². The number of carbonyl (C=O) groups is 2. The summed E-state index contributed by atoms with van der Waals surface area (Å²) in [5, 5.41) is 2.79. The van der Waals surface area contributed by atoms with Gasteiger partial charge in [0.2, 0.25) is 5.91 Å². The van der Waals surface area contributed by atoms with Crippen LogP contribution in [-0.2, 0) is 14.9 Å². The highest BCUT2D eigenvalue weighted by molar-refractivity contribution is 5.98. The summed E-state index contributed by atoms with van der Waals surface area (Å²) in [6, 6.07) is 5.27. The molecule has 2 rings (SSSR count). The molecule has 0 saturated heterocycles. The van der Waals surface area contributed by atoms with Crippen LogP contribution in [0.4, 0.5) is 5.69 Å². The third-order valence-electron chi connectivity index (χ3n) is 3.05. The topological polar surface area (TPSA) is 55.4 Å². The molecule has 0 fully saturated rings. The number of benzene rings is 1. The van der Waals surface area contributed by atoms with Gasteiger partial charge in [0.05, 0.1) is 12.7 Å². The summed E-state index contributed by atoms with van der Waals surface area (Å²) in [6.07, 6.45) is 0.456. The number of esters is 1. The summed E-state index contributed by atoms with van der Waals surface area (Å²) < 4.78 is 4.65. The van der Waals surface area contributed by atoms with Crippen molar-refractivity contribution in [2.75, 3.05) is 12.4 Å². The number of fused-ring (bicyclic) bond motifs is 1. The number of nitrogens with one attached hydrogen (secondary N) is 1. The number of methoxy groups -OCH3 is 1. The third-order valence-corrected chi connectivity index (χ3v) is 3.05. The van der Waals surface area contributed by atoms with E-state index in [0.29, 0.717) is 17.7 Å². The van der Waals surface area contributed by atoms with E-state index in [1.54, 1.807) is 12.1 Å². The van der Waals surface area contributed by atoms with Crippen molar-refractivity contribution < 1.29 is 14.3 Å². The van der Waals surface area contributed by atoms with E-state index in [2.05, 4.69) is 10.1 Å². The fraction of sp³-hybridized carbons (Fsp3) is 0.385. The van der Waals surface area contributed by atoms with Gasteiger partial charge in [0.1, 0.15) is 0 Å². The molecule has 0 bridgehead atoms. The van der Waals surface area contributed by atoms with E-state index in [-0.39, 0.29) is 11.3 Å². The van der Waals surface area contributed by atoms with Gasteiger partial charge in [-0.3, -0.25) is 4.79 Å². The minimum absolute atomic E-state index is 0.0236. The molecule has 1 aliphatic heterocycles. The van der Waals surface area contributed by atoms with Crippen LogP contribution in [0.15, 0.2) is 18.2 Å². The van der Waals surface area contributed by atoms with E-state index in [4.69, 9.17) is 0 Å². The smallest absolute Gasteiger partial charge is 0.337 e. The maximum absolute atomic E-state index is 11.6. The lowest BCUT2D eigenvalue weighted by Crippen LogP contribution is -2.32. The van der Waals surface area contributed by atoms with Crippen molar-refractivity contribution >= 4 is 17.6 Å². The molecule has 4 nitrogen and oxygen atoms in total. The maximum Gasteiger partial charge on any atom is 0.337 e. The van der Waals surface area contributed by atoms with E-state index in [1.165, 1.54) is 7.11 Å².